The van der Waals surface area contributed by atoms with Gasteiger partial charge in [-0.05, 0) is 31.7 Å². The molecule has 0 radical (unpaired) electrons. The van der Waals surface area contributed by atoms with Crippen LogP contribution in [0.3, 0.4) is 0 Å². The molecular formula is C10H12N2OS. The summed E-state index contributed by atoms with van der Waals surface area (Å²) in [5.41, 5.74) is 1.18. The fourth-order valence-electron chi connectivity index (χ4n) is 1.30. The van der Waals surface area contributed by atoms with Crippen molar-refractivity contribution < 1.29 is 4.74 Å². The summed E-state index contributed by atoms with van der Waals surface area (Å²) in [6.07, 6.45) is 1.70. The normalized spacial score (nSPS) is 11.1. The van der Waals surface area contributed by atoms with Gasteiger partial charge in [-0.2, -0.15) is 0 Å². The van der Waals surface area contributed by atoms with Crippen LogP contribution in [0.4, 0.5) is 0 Å². The molecule has 0 amide bonds. The average Bonchev–Trinajstić information content (AvgIpc) is 2.48. The molecule has 0 saturated carbocycles. The standard InChI is InChI=1S/C10H12N2OS/c1-6(2)13-9-8-7(3)4-14-10(8)12-5-11-9/h4-6H,1-3H3. The highest BCUT2D eigenvalue weighted by Gasteiger charge is 2.10. The minimum atomic E-state index is 0.146. The van der Waals surface area contributed by atoms with E-state index < -0.39 is 0 Å². The van der Waals surface area contributed by atoms with Crippen LogP contribution < -0.4 is 4.74 Å². The van der Waals surface area contributed by atoms with E-state index in [0.717, 1.165) is 10.2 Å². The number of fused-ring (bicyclic) bond motifs is 1. The molecule has 0 N–H and O–H groups in total. The topological polar surface area (TPSA) is 35.0 Å². The zero-order valence-corrected chi connectivity index (χ0v) is 9.26. The molecule has 2 aromatic heterocycles. The van der Waals surface area contributed by atoms with Gasteiger partial charge in [0.2, 0.25) is 5.88 Å². The van der Waals surface area contributed by atoms with E-state index in [1.807, 2.05) is 13.8 Å². The summed E-state index contributed by atoms with van der Waals surface area (Å²) in [5, 5.41) is 3.12. The Kier molecular flexibility index (Phi) is 2.37. The second-order valence-corrected chi connectivity index (χ2v) is 4.30. The summed E-state index contributed by atoms with van der Waals surface area (Å²) in [6.45, 7) is 6.04. The second kappa shape index (κ2) is 3.53. The highest BCUT2D eigenvalue weighted by molar-refractivity contribution is 7.17. The second-order valence-electron chi connectivity index (χ2n) is 3.44. The maximum atomic E-state index is 5.62. The van der Waals surface area contributed by atoms with Gasteiger partial charge in [0.25, 0.3) is 0 Å². The van der Waals surface area contributed by atoms with E-state index in [1.165, 1.54) is 5.56 Å². The van der Waals surface area contributed by atoms with E-state index in [9.17, 15) is 0 Å². The lowest BCUT2D eigenvalue weighted by Crippen LogP contribution is -2.07. The summed E-state index contributed by atoms with van der Waals surface area (Å²) in [4.78, 5) is 9.34. The first-order valence-electron chi connectivity index (χ1n) is 4.54. The van der Waals surface area contributed by atoms with Crippen molar-refractivity contribution in [2.75, 3.05) is 0 Å². The Labute approximate surface area is 86.8 Å². The number of rotatable bonds is 2. The van der Waals surface area contributed by atoms with Crippen LogP contribution >= 0.6 is 11.3 Å². The molecule has 3 nitrogen and oxygen atoms in total. The first-order chi connectivity index (χ1) is 6.68. The molecule has 0 aromatic carbocycles. The van der Waals surface area contributed by atoms with Crippen LogP contribution in [0.1, 0.15) is 19.4 Å². The molecule has 4 heteroatoms. The summed E-state index contributed by atoms with van der Waals surface area (Å²) < 4.78 is 5.62. The lowest BCUT2D eigenvalue weighted by molar-refractivity contribution is 0.235. The van der Waals surface area contributed by atoms with Crippen molar-refractivity contribution in [1.29, 1.82) is 0 Å². The minimum Gasteiger partial charge on any atom is -0.474 e. The maximum Gasteiger partial charge on any atom is 0.225 e. The fraction of sp³-hybridized carbons (Fsp3) is 0.400. The summed E-state index contributed by atoms with van der Waals surface area (Å²) >= 11 is 1.62. The Hall–Kier alpha value is -1.16. The summed E-state index contributed by atoms with van der Waals surface area (Å²) in [5.74, 6) is 0.698. The Morgan fingerprint density at radius 2 is 2.14 bits per heavy atom. The third-order valence-electron chi connectivity index (χ3n) is 1.87. The van der Waals surface area contributed by atoms with E-state index in [1.54, 1.807) is 17.7 Å². The van der Waals surface area contributed by atoms with Crippen LogP contribution in [-0.4, -0.2) is 16.1 Å². The Morgan fingerprint density at radius 1 is 1.36 bits per heavy atom. The molecule has 2 rings (SSSR count). The molecule has 0 aliphatic rings. The molecule has 0 fully saturated rings. The van der Waals surface area contributed by atoms with Crippen LogP contribution in [0, 0.1) is 6.92 Å². The van der Waals surface area contributed by atoms with Crippen LogP contribution in [0.5, 0.6) is 5.88 Å². The predicted octanol–water partition coefficient (Wildman–Crippen LogP) is 2.79. The van der Waals surface area contributed by atoms with Crippen LogP contribution in [0.25, 0.3) is 10.2 Å². The number of nitrogens with zero attached hydrogens (tertiary/aromatic N) is 2. The van der Waals surface area contributed by atoms with E-state index in [-0.39, 0.29) is 6.10 Å². The molecule has 14 heavy (non-hydrogen) atoms. The highest BCUT2D eigenvalue weighted by atomic mass is 32.1. The SMILES string of the molecule is Cc1csc2ncnc(OC(C)C)c12. The van der Waals surface area contributed by atoms with Crippen LogP contribution in [-0.2, 0) is 0 Å². The van der Waals surface area contributed by atoms with Crippen LogP contribution in [0.2, 0.25) is 0 Å². The molecular weight excluding hydrogens is 196 g/mol. The molecule has 0 saturated heterocycles. The van der Waals surface area contributed by atoms with Gasteiger partial charge < -0.3 is 4.74 Å². The van der Waals surface area contributed by atoms with Crippen molar-refractivity contribution in [2.24, 2.45) is 0 Å². The maximum absolute atomic E-state index is 5.62. The lowest BCUT2D eigenvalue weighted by Gasteiger charge is -2.09. The van der Waals surface area contributed by atoms with Gasteiger partial charge in [0.15, 0.2) is 0 Å². The van der Waals surface area contributed by atoms with Gasteiger partial charge >= 0.3 is 0 Å². The molecule has 0 bridgehead atoms. The minimum absolute atomic E-state index is 0.146. The van der Waals surface area contributed by atoms with Crippen molar-refractivity contribution in [3.05, 3.63) is 17.3 Å². The molecule has 0 spiro atoms. The van der Waals surface area contributed by atoms with Gasteiger partial charge in [-0.15, -0.1) is 11.3 Å². The van der Waals surface area contributed by atoms with Crippen molar-refractivity contribution in [3.8, 4) is 5.88 Å². The third-order valence-corrected chi connectivity index (χ3v) is 2.87. The average molecular weight is 208 g/mol. The van der Waals surface area contributed by atoms with Gasteiger partial charge in [-0.25, -0.2) is 9.97 Å². The lowest BCUT2D eigenvalue weighted by atomic mass is 10.2. The number of aromatic nitrogens is 2. The van der Waals surface area contributed by atoms with Crippen molar-refractivity contribution in [3.63, 3.8) is 0 Å². The molecule has 2 aromatic rings. The third kappa shape index (κ3) is 1.57. The van der Waals surface area contributed by atoms with Crippen molar-refractivity contribution in [1.82, 2.24) is 9.97 Å². The number of hydrogen-bond donors (Lipinski definition) is 0. The van der Waals surface area contributed by atoms with E-state index in [2.05, 4.69) is 22.3 Å². The zero-order chi connectivity index (χ0) is 10.1. The number of hydrogen-bond acceptors (Lipinski definition) is 4. The highest BCUT2D eigenvalue weighted by Crippen LogP contribution is 2.30. The van der Waals surface area contributed by atoms with Crippen molar-refractivity contribution in [2.45, 2.75) is 26.9 Å². The number of ether oxygens (including phenoxy) is 1. The van der Waals surface area contributed by atoms with Gasteiger partial charge in [-0.3, -0.25) is 0 Å². The summed E-state index contributed by atoms with van der Waals surface area (Å²) in [6, 6.07) is 0. The Bertz CT molecular complexity index is 450. The van der Waals surface area contributed by atoms with E-state index in [4.69, 9.17) is 4.74 Å². The predicted molar refractivity (Wildman–Crippen MR) is 57.9 cm³/mol. The number of thiophene rings is 1. The molecule has 0 aliphatic carbocycles. The largest absolute Gasteiger partial charge is 0.474 e. The Morgan fingerprint density at radius 3 is 2.86 bits per heavy atom. The molecule has 2 heterocycles. The Balaban J connectivity index is 2.57. The number of aryl methyl sites for hydroxylation is 1. The van der Waals surface area contributed by atoms with E-state index >= 15 is 0 Å². The molecule has 74 valence electrons. The van der Waals surface area contributed by atoms with Gasteiger partial charge in [-0.1, -0.05) is 0 Å². The van der Waals surface area contributed by atoms with Crippen molar-refractivity contribution >= 4 is 21.6 Å². The smallest absolute Gasteiger partial charge is 0.225 e. The van der Waals surface area contributed by atoms with Gasteiger partial charge in [0, 0.05) is 0 Å². The molecule has 0 aliphatic heterocycles. The molecule has 0 unspecified atom stereocenters. The zero-order valence-electron chi connectivity index (χ0n) is 8.44. The van der Waals surface area contributed by atoms with Gasteiger partial charge in [0.1, 0.15) is 11.2 Å². The van der Waals surface area contributed by atoms with Gasteiger partial charge in [0.05, 0.1) is 11.5 Å². The van der Waals surface area contributed by atoms with E-state index in [0.29, 0.717) is 5.88 Å². The fourth-order valence-corrected chi connectivity index (χ4v) is 2.18. The quantitative estimate of drug-likeness (QED) is 0.761. The monoisotopic (exact) mass is 208 g/mol. The van der Waals surface area contributed by atoms with Crippen LogP contribution in [0.15, 0.2) is 11.7 Å². The summed E-state index contributed by atoms with van der Waals surface area (Å²) in [7, 11) is 0. The first kappa shape index (κ1) is 9.40. The first-order valence-corrected chi connectivity index (χ1v) is 5.42. The molecule has 0 atom stereocenters.